The molecule has 0 bridgehead atoms. The quantitative estimate of drug-likeness (QED) is 0.736. The van der Waals surface area contributed by atoms with Gasteiger partial charge in [-0.2, -0.15) is 0 Å². The summed E-state index contributed by atoms with van der Waals surface area (Å²) in [5.74, 6) is 0.358. The predicted molar refractivity (Wildman–Crippen MR) is 102 cm³/mol. The molecule has 2 aromatic rings. The summed E-state index contributed by atoms with van der Waals surface area (Å²) in [6, 6.07) is 9.53. The number of halogens is 2. The highest BCUT2D eigenvalue weighted by molar-refractivity contribution is 9.10. The Balaban J connectivity index is 2.22. The van der Waals surface area contributed by atoms with Gasteiger partial charge in [0.25, 0.3) is 5.91 Å². The average Bonchev–Trinajstić information content (AvgIpc) is 2.60. The molecule has 140 valence electrons. The van der Waals surface area contributed by atoms with Crippen molar-refractivity contribution in [2.24, 2.45) is 0 Å². The minimum absolute atomic E-state index is 0.172. The topological polar surface area (TPSA) is 50.8 Å². The Morgan fingerprint density at radius 1 is 1.23 bits per heavy atom. The molecule has 0 aromatic heterocycles. The van der Waals surface area contributed by atoms with Crippen molar-refractivity contribution in [3.8, 4) is 11.5 Å². The van der Waals surface area contributed by atoms with E-state index >= 15 is 0 Å². The van der Waals surface area contributed by atoms with Gasteiger partial charge >= 0.3 is 0 Å². The Labute approximate surface area is 161 Å². The summed E-state index contributed by atoms with van der Waals surface area (Å²) in [4.78, 5) is 14.6. The lowest BCUT2D eigenvalue weighted by atomic mass is 10.1. The SMILES string of the molecule is COc1cc(Br)c(OC)c(C(=O)NC[C@H](c2cccc(F)c2)N(C)C)c1. The molecule has 2 rings (SSSR count). The van der Waals surface area contributed by atoms with Crippen LogP contribution in [0.25, 0.3) is 0 Å². The van der Waals surface area contributed by atoms with Gasteiger partial charge in [-0.15, -0.1) is 0 Å². The van der Waals surface area contributed by atoms with E-state index < -0.39 is 0 Å². The van der Waals surface area contributed by atoms with E-state index in [1.165, 1.54) is 26.4 Å². The highest BCUT2D eigenvalue weighted by Gasteiger charge is 2.20. The van der Waals surface area contributed by atoms with E-state index in [2.05, 4.69) is 21.2 Å². The van der Waals surface area contributed by atoms with Crippen LogP contribution in [0.5, 0.6) is 11.5 Å². The Morgan fingerprint density at radius 2 is 1.96 bits per heavy atom. The first-order valence-electron chi connectivity index (χ1n) is 7.99. The van der Waals surface area contributed by atoms with Crippen molar-refractivity contribution in [1.82, 2.24) is 10.2 Å². The number of benzene rings is 2. The van der Waals surface area contributed by atoms with Crippen molar-refractivity contribution in [3.05, 3.63) is 57.8 Å². The van der Waals surface area contributed by atoms with Gasteiger partial charge in [-0.1, -0.05) is 12.1 Å². The zero-order valence-corrected chi connectivity index (χ0v) is 16.8. The van der Waals surface area contributed by atoms with E-state index in [0.29, 0.717) is 28.1 Å². The molecule has 0 saturated heterocycles. The molecule has 0 aliphatic heterocycles. The number of amides is 1. The van der Waals surface area contributed by atoms with E-state index in [1.807, 2.05) is 25.1 Å². The van der Waals surface area contributed by atoms with Gasteiger partial charge in [-0.05, 0) is 59.9 Å². The van der Waals surface area contributed by atoms with E-state index in [-0.39, 0.29) is 17.8 Å². The van der Waals surface area contributed by atoms with Crippen molar-refractivity contribution < 1.29 is 18.7 Å². The molecular formula is C19H22BrFN2O3. The summed E-state index contributed by atoms with van der Waals surface area (Å²) in [5.41, 5.74) is 1.14. The number of ether oxygens (including phenoxy) is 2. The number of nitrogens with one attached hydrogen (secondary N) is 1. The van der Waals surface area contributed by atoms with Crippen molar-refractivity contribution in [3.63, 3.8) is 0 Å². The summed E-state index contributed by atoms with van der Waals surface area (Å²) in [7, 11) is 6.79. The van der Waals surface area contributed by atoms with Gasteiger partial charge in [0.15, 0.2) is 0 Å². The maximum atomic E-state index is 13.5. The number of rotatable bonds is 7. The molecule has 5 nitrogen and oxygen atoms in total. The fourth-order valence-electron chi connectivity index (χ4n) is 2.66. The fraction of sp³-hybridized carbons (Fsp3) is 0.316. The van der Waals surface area contributed by atoms with Crippen LogP contribution >= 0.6 is 15.9 Å². The summed E-state index contributed by atoms with van der Waals surface area (Å²) < 4.78 is 24.7. The molecule has 0 unspecified atom stereocenters. The standard InChI is InChI=1S/C19H22BrFN2O3/c1-23(2)17(12-6-5-7-13(21)8-12)11-22-19(24)15-9-14(25-3)10-16(20)18(15)26-4/h5-10,17H,11H2,1-4H3,(H,22,24)/t17-/m1/s1. The number of nitrogens with zero attached hydrogens (tertiary/aromatic N) is 1. The molecule has 26 heavy (non-hydrogen) atoms. The lowest BCUT2D eigenvalue weighted by molar-refractivity contribution is 0.0938. The van der Waals surface area contributed by atoms with Crippen LogP contribution in [0.2, 0.25) is 0 Å². The second kappa shape index (κ2) is 9.00. The van der Waals surface area contributed by atoms with Gasteiger partial charge < -0.3 is 19.7 Å². The number of hydrogen-bond acceptors (Lipinski definition) is 4. The molecular weight excluding hydrogens is 403 g/mol. The number of likely N-dealkylation sites (N-methyl/N-ethyl adjacent to an activating group) is 1. The molecule has 1 atom stereocenters. The molecule has 0 spiro atoms. The van der Waals surface area contributed by atoms with Crippen LogP contribution in [-0.2, 0) is 0 Å². The smallest absolute Gasteiger partial charge is 0.255 e. The third kappa shape index (κ3) is 4.74. The lowest BCUT2D eigenvalue weighted by Gasteiger charge is -2.25. The van der Waals surface area contributed by atoms with E-state index in [9.17, 15) is 9.18 Å². The molecule has 0 fully saturated rings. The monoisotopic (exact) mass is 424 g/mol. The van der Waals surface area contributed by atoms with Crippen LogP contribution in [0, 0.1) is 5.82 Å². The Bertz CT molecular complexity index is 783. The first-order chi connectivity index (χ1) is 12.4. The first kappa shape index (κ1) is 20.2. The van der Waals surface area contributed by atoms with Crippen LogP contribution in [0.3, 0.4) is 0 Å². The number of carbonyl (C=O) groups is 1. The van der Waals surface area contributed by atoms with Gasteiger partial charge in [0.05, 0.1) is 30.3 Å². The van der Waals surface area contributed by atoms with Crippen molar-refractivity contribution >= 4 is 21.8 Å². The predicted octanol–water partition coefficient (Wildman–Crippen LogP) is 3.64. The number of carbonyl (C=O) groups excluding carboxylic acids is 1. The van der Waals surface area contributed by atoms with E-state index in [1.54, 1.807) is 18.2 Å². The Morgan fingerprint density at radius 3 is 2.54 bits per heavy atom. The zero-order chi connectivity index (χ0) is 19.3. The van der Waals surface area contributed by atoms with Crippen LogP contribution < -0.4 is 14.8 Å². The van der Waals surface area contributed by atoms with Gasteiger partial charge in [0.2, 0.25) is 0 Å². The summed E-state index contributed by atoms with van der Waals surface area (Å²) in [6.07, 6.45) is 0. The lowest BCUT2D eigenvalue weighted by Crippen LogP contribution is -2.34. The van der Waals surface area contributed by atoms with Crippen molar-refractivity contribution in [1.29, 1.82) is 0 Å². The summed E-state index contributed by atoms with van der Waals surface area (Å²) in [5, 5.41) is 2.89. The maximum Gasteiger partial charge on any atom is 0.255 e. The summed E-state index contributed by atoms with van der Waals surface area (Å²) in [6.45, 7) is 0.313. The van der Waals surface area contributed by atoms with Crippen molar-refractivity contribution in [2.45, 2.75) is 6.04 Å². The molecule has 0 aliphatic rings. The summed E-state index contributed by atoms with van der Waals surface area (Å²) >= 11 is 3.38. The third-order valence-electron chi connectivity index (χ3n) is 4.01. The van der Waals surface area contributed by atoms with Crippen LogP contribution in [0.15, 0.2) is 40.9 Å². The molecule has 1 N–H and O–H groups in total. The number of hydrogen-bond donors (Lipinski definition) is 1. The second-order valence-corrected chi connectivity index (χ2v) is 6.79. The maximum absolute atomic E-state index is 13.5. The van der Waals surface area contributed by atoms with Gasteiger partial charge in [0, 0.05) is 6.54 Å². The highest BCUT2D eigenvalue weighted by Crippen LogP contribution is 2.33. The molecule has 2 aromatic carbocycles. The first-order valence-corrected chi connectivity index (χ1v) is 8.78. The minimum atomic E-state index is -0.306. The molecule has 1 amide bonds. The molecule has 0 aliphatic carbocycles. The van der Waals surface area contributed by atoms with Gasteiger partial charge in [-0.3, -0.25) is 4.79 Å². The Kier molecular flexibility index (Phi) is 6.99. The third-order valence-corrected chi connectivity index (χ3v) is 4.60. The van der Waals surface area contributed by atoms with Crippen LogP contribution in [0.4, 0.5) is 4.39 Å². The molecule has 0 saturated carbocycles. The normalized spacial score (nSPS) is 12.0. The molecule has 0 radical (unpaired) electrons. The highest BCUT2D eigenvalue weighted by atomic mass is 79.9. The fourth-order valence-corrected chi connectivity index (χ4v) is 3.26. The van der Waals surface area contributed by atoms with Crippen molar-refractivity contribution in [2.75, 3.05) is 34.9 Å². The number of methoxy groups -OCH3 is 2. The molecule has 0 heterocycles. The van der Waals surface area contributed by atoms with Crippen LogP contribution in [0.1, 0.15) is 22.0 Å². The zero-order valence-electron chi connectivity index (χ0n) is 15.2. The largest absolute Gasteiger partial charge is 0.497 e. The molecule has 7 heteroatoms. The van der Waals surface area contributed by atoms with Crippen LogP contribution in [-0.4, -0.2) is 45.7 Å². The average molecular weight is 425 g/mol. The van der Waals surface area contributed by atoms with Gasteiger partial charge in [0.1, 0.15) is 17.3 Å². The Hall–Kier alpha value is -2.12. The minimum Gasteiger partial charge on any atom is -0.497 e. The van der Waals surface area contributed by atoms with E-state index in [0.717, 1.165) is 5.56 Å². The second-order valence-electron chi connectivity index (χ2n) is 5.93. The van der Waals surface area contributed by atoms with Gasteiger partial charge in [-0.25, -0.2) is 4.39 Å². The van der Waals surface area contributed by atoms with E-state index in [4.69, 9.17) is 9.47 Å².